The molecule has 1 N–H and O–H groups in total. The lowest BCUT2D eigenvalue weighted by atomic mass is 9.68. The van der Waals surface area contributed by atoms with E-state index in [1.54, 1.807) is 11.0 Å². The number of ether oxygens (including phenoxy) is 1. The number of fused-ring (bicyclic) bond motifs is 1. The Bertz CT molecular complexity index is 944. The number of aromatic nitrogens is 3. The van der Waals surface area contributed by atoms with Gasteiger partial charge in [0, 0.05) is 5.02 Å². The van der Waals surface area contributed by atoms with E-state index >= 15 is 0 Å². The van der Waals surface area contributed by atoms with Crippen molar-refractivity contribution in [2.75, 3.05) is 0 Å². The molecule has 0 bridgehead atoms. The monoisotopic (exact) mass is 367 g/mol. The van der Waals surface area contributed by atoms with Crippen LogP contribution in [0.25, 0.3) is 0 Å². The first-order valence-electron chi connectivity index (χ1n) is 8.69. The molecule has 1 spiro atoms. The van der Waals surface area contributed by atoms with Gasteiger partial charge in [-0.3, -0.25) is 0 Å². The summed E-state index contributed by atoms with van der Waals surface area (Å²) in [7, 11) is 0. The van der Waals surface area contributed by atoms with Crippen LogP contribution < -0.4 is 0 Å². The molecule has 3 aromatic rings. The van der Waals surface area contributed by atoms with Gasteiger partial charge in [0.1, 0.15) is 30.0 Å². The molecule has 5 rings (SSSR count). The Labute approximate surface area is 156 Å². The first kappa shape index (κ1) is 16.0. The van der Waals surface area contributed by atoms with Gasteiger partial charge in [0.2, 0.25) is 0 Å². The maximum atomic E-state index is 11.9. The van der Waals surface area contributed by atoms with Crippen LogP contribution in [0.15, 0.2) is 61.2 Å². The van der Waals surface area contributed by atoms with Crippen molar-refractivity contribution in [2.45, 2.75) is 36.7 Å². The molecular weight excluding hydrogens is 350 g/mol. The Morgan fingerprint density at radius 2 is 2.00 bits per heavy atom. The molecule has 2 aliphatic rings. The molecule has 26 heavy (non-hydrogen) atoms. The molecule has 2 aromatic carbocycles. The van der Waals surface area contributed by atoms with Crippen LogP contribution >= 0.6 is 11.6 Å². The van der Waals surface area contributed by atoms with Crippen molar-refractivity contribution in [2.24, 2.45) is 0 Å². The number of aryl methyl sites for hydroxylation is 1. The third-order valence-electron chi connectivity index (χ3n) is 5.65. The zero-order valence-electron chi connectivity index (χ0n) is 14.0. The van der Waals surface area contributed by atoms with Crippen molar-refractivity contribution in [1.82, 2.24) is 14.8 Å². The fourth-order valence-corrected chi connectivity index (χ4v) is 4.45. The number of aliphatic hydroxyl groups is 1. The van der Waals surface area contributed by atoms with E-state index in [-0.39, 0.29) is 6.10 Å². The second-order valence-corrected chi connectivity index (χ2v) is 7.49. The Balaban J connectivity index is 1.60. The van der Waals surface area contributed by atoms with E-state index in [4.69, 9.17) is 16.3 Å². The summed E-state index contributed by atoms with van der Waals surface area (Å²) in [6.07, 6.45) is 4.57. The van der Waals surface area contributed by atoms with Crippen LogP contribution in [0.1, 0.15) is 29.2 Å². The number of hydrogen-bond donors (Lipinski definition) is 1. The minimum absolute atomic E-state index is 0.165. The first-order chi connectivity index (χ1) is 12.6. The summed E-state index contributed by atoms with van der Waals surface area (Å²) < 4.78 is 7.91. The van der Waals surface area contributed by atoms with Gasteiger partial charge in [-0.25, -0.2) is 9.67 Å². The molecule has 2 heterocycles. The normalized spacial score (nSPS) is 29.5. The van der Waals surface area contributed by atoms with E-state index < -0.39 is 11.2 Å². The summed E-state index contributed by atoms with van der Waals surface area (Å²) in [6.45, 7) is 0.300. The zero-order chi connectivity index (χ0) is 17.8. The predicted molar refractivity (Wildman–Crippen MR) is 96.7 cm³/mol. The summed E-state index contributed by atoms with van der Waals surface area (Å²) in [4.78, 5) is 4.02. The molecule has 0 amide bonds. The lowest BCUT2D eigenvalue weighted by molar-refractivity contribution is -0.0704. The molecule has 1 saturated heterocycles. The van der Waals surface area contributed by atoms with E-state index in [1.165, 1.54) is 6.33 Å². The van der Waals surface area contributed by atoms with Crippen molar-refractivity contribution < 1.29 is 9.84 Å². The Hall–Kier alpha value is -2.21. The van der Waals surface area contributed by atoms with Gasteiger partial charge in [-0.2, -0.15) is 5.10 Å². The maximum Gasteiger partial charge on any atom is 0.141 e. The predicted octanol–water partition coefficient (Wildman–Crippen LogP) is 3.28. The first-order valence-corrected chi connectivity index (χ1v) is 9.07. The molecule has 1 aromatic heterocycles. The lowest BCUT2D eigenvalue weighted by Gasteiger charge is -2.40. The van der Waals surface area contributed by atoms with Crippen molar-refractivity contribution >= 4 is 11.6 Å². The van der Waals surface area contributed by atoms with Gasteiger partial charge in [-0.1, -0.05) is 48.0 Å². The van der Waals surface area contributed by atoms with Crippen LogP contribution in [0.2, 0.25) is 5.02 Å². The average Bonchev–Trinajstić information content (AvgIpc) is 3.17. The molecule has 132 valence electrons. The molecule has 1 aliphatic heterocycles. The van der Waals surface area contributed by atoms with Gasteiger partial charge < -0.3 is 9.84 Å². The highest BCUT2D eigenvalue weighted by Crippen LogP contribution is 2.64. The van der Waals surface area contributed by atoms with Crippen molar-refractivity contribution in [3.05, 3.63) is 82.9 Å². The number of halogens is 1. The highest BCUT2D eigenvalue weighted by atomic mass is 35.5. The summed E-state index contributed by atoms with van der Waals surface area (Å²) in [5.74, 6) is 0. The van der Waals surface area contributed by atoms with Crippen LogP contribution in [0.5, 0.6) is 0 Å². The molecule has 5 nitrogen and oxygen atoms in total. The van der Waals surface area contributed by atoms with Crippen LogP contribution in [-0.4, -0.2) is 25.5 Å². The number of hydrogen-bond acceptors (Lipinski definition) is 4. The number of epoxide rings is 1. The van der Waals surface area contributed by atoms with Gasteiger partial charge >= 0.3 is 0 Å². The van der Waals surface area contributed by atoms with Crippen LogP contribution in [-0.2, 0) is 23.3 Å². The van der Waals surface area contributed by atoms with Crippen molar-refractivity contribution in [3.8, 4) is 0 Å². The van der Waals surface area contributed by atoms with E-state index in [2.05, 4.69) is 16.1 Å². The smallest absolute Gasteiger partial charge is 0.141 e. The summed E-state index contributed by atoms with van der Waals surface area (Å²) in [5, 5.41) is 16.8. The molecule has 1 aliphatic carbocycles. The number of benzene rings is 2. The summed E-state index contributed by atoms with van der Waals surface area (Å²) in [6, 6.07) is 15.7. The highest BCUT2D eigenvalue weighted by molar-refractivity contribution is 6.30. The zero-order valence-corrected chi connectivity index (χ0v) is 14.8. The molecule has 0 saturated carbocycles. The fraction of sp³-hybridized carbons (Fsp3) is 0.300. The Morgan fingerprint density at radius 3 is 2.77 bits per heavy atom. The minimum Gasteiger partial charge on any atom is -0.380 e. The van der Waals surface area contributed by atoms with Crippen molar-refractivity contribution in [3.63, 3.8) is 0 Å². The second-order valence-electron chi connectivity index (χ2n) is 7.05. The second kappa shape index (κ2) is 5.64. The van der Waals surface area contributed by atoms with Crippen LogP contribution in [0.3, 0.4) is 0 Å². The SMILES string of the molecule is O[C@@]1(Cn2cncn2)c2ccccc2CC[C@]12O[C@@H]2c1ccc(Cl)cc1. The minimum atomic E-state index is -1.18. The third-order valence-corrected chi connectivity index (χ3v) is 5.91. The Kier molecular flexibility index (Phi) is 3.47. The van der Waals surface area contributed by atoms with E-state index in [1.807, 2.05) is 42.5 Å². The average molecular weight is 368 g/mol. The van der Waals surface area contributed by atoms with Gasteiger partial charge in [0.25, 0.3) is 0 Å². The van der Waals surface area contributed by atoms with E-state index in [0.29, 0.717) is 11.6 Å². The van der Waals surface area contributed by atoms with Gasteiger partial charge in [-0.15, -0.1) is 0 Å². The number of rotatable bonds is 3. The molecule has 0 unspecified atom stereocenters. The standard InChI is InChI=1S/C20H18ClN3O2/c21-16-7-5-15(6-8-16)18-20(26-18)10-9-14-3-1-2-4-17(14)19(20,25)11-24-13-22-12-23-24/h1-8,12-13,18,25H,9-11H2/t18-,19+,20-/m1/s1. The third kappa shape index (κ3) is 2.24. The lowest BCUT2D eigenvalue weighted by Crippen LogP contribution is -2.50. The number of nitrogens with zero attached hydrogens (tertiary/aromatic N) is 3. The maximum absolute atomic E-state index is 11.9. The summed E-state index contributed by atoms with van der Waals surface area (Å²) >= 11 is 6.02. The topological polar surface area (TPSA) is 63.5 Å². The van der Waals surface area contributed by atoms with Crippen LogP contribution in [0, 0.1) is 0 Å². The van der Waals surface area contributed by atoms with Gasteiger partial charge in [-0.05, 0) is 41.7 Å². The quantitative estimate of drug-likeness (QED) is 0.721. The molecule has 1 fully saturated rings. The van der Waals surface area contributed by atoms with Gasteiger partial charge in [0.15, 0.2) is 0 Å². The summed E-state index contributed by atoms with van der Waals surface area (Å²) in [5.41, 5.74) is 1.26. The van der Waals surface area contributed by atoms with Gasteiger partial charge in [0.05, 0.1) is 6.54 Å². The molecule has 0 radical (unpaired) electrons. The molecule has 3 atom stereocenters. The van der Waals surface area contributed by atoms with E-state index in [0.717, 1.165) is 29.5 Å². The fourth-order valence-electron chi connectivity index (χ4n) is 4.32. The Morgan fingerprint density at radius 1 is 1.19 bits per heavy atom. The molecule has 6 heteroatoms. The largest absolute Gasteiger partial charge is 0.380 e. The van der Waals surface area contributed by atoms with E-state index in [9.17, 15) is 5.11 Å². The van der Waals surface area contributed by atoms with Crippen molar-refractivity contribution in [1.29, 1.82) is 0 Å². The van der Waals surface area contributed by atoms with Crippen LogP contribution in [0.4, 0.5) is 0 Å². The molecular formula is C20H18ClN3O2. The highest BCUT2D eigenvalue weighted by Gasteiger charge is 2.71.